The molecule has 3 aliphatic rings. The maximum atomic E-state index is 12.1. The summed E-state index contributed by atoms with van der Waals surface area (Å²) in [5, 5.41) is 43.2. The van der Waals surface area contributed by atoms with Crippen LogP contribution in [0.4, 0.5) is 0 Å². The molecule has 0 aliphatic heterocycles. The number of allylic oxidation sites excluding steroid dienone is 8. The van der Waals surface area contributed by atoms with Crippen LogP contribution in [0.5, 0.6) is 0 Å². The number of nitrogens with zero attached hydrogens (tertiary/aromatic N) is 4. The van der Waals surface area contributed by atoms with Crippen LogP contribution in [0, 0.1) is 121 Å². The summed E-state index contributed by atoms with van der Waals surface area (Å²) < 4.78 is 22.9. The van der Waals surface area contributed by atoms with Crippen LogP contribution in [-0.2, 0) is 106 Å². The number of aliphatic hydroxyl groups excluding tert-OH is 4. The largest absolute Gasteiger partial charge is 0.512 e. The molecule has 3 saturated carbocycles. The molecule has 3 aliphatic carbocycles. The van der Waals surface area contributed by atoms with Crippen LogP contribution >= 0.6 is 0 Å². The van der Waals surface area contributed by atoms with Crippen molar-refractivity contribution >= 4 is 66.7 Å². The van der Waals surface area contributed by atoms with E-state index in [-0.39, 0.29) is 156 Å². The third-order valence-corrected chi connectivity index (χ3v) is 29.1. The Labute approximate surface area is 954 Å². The maximum absolute atomic E-state index is 12.1. The molecule has 4 radical (unpaired) electrons. The average molecular weight is 2730 g/mol. The molecular weight excluding hydrogens is 2550 g/mol. The van der Waals surface area contributed by atoms with E-state index in [0.717, 1.165) is 179 Å². The molecule has 4 N–H and O–H groups in total. The second kappa shape index (κ2) is 67.4. The van der Waals surface area contributed by atoms with Crippen molar-refractivity contribution in [1.82, 2.24) is 19.9 Å². The molecule has 812 valence electrons. The summed E-state index contributed by atoms with van der Waals surface area (Å²) in [5.74, 6) is 4.50. The molecule has 12 aromatic rings. The van der Waals surface area contributed by atoms with Gasteiger partial charge in [0.2, 0.25) is 0 Å². The molecule has 4 heterocycles. The monoisotopic (exact) mass is 2730 g/mol. The molecule has 0 amide bonds. The van der Waals surface area contributed by atoms with Crippen molar-refractivity contribution in [3.63, 3.8) is 0 Å². The molecular formula is C133H172Ir4N4O8-4. The predicted molar refractivity (Wildman–Crippen MR) is 612 cm³/mol. The number of aromatic nitrogens is 4. The molecule has 3 fully saturated rings. The molecule has 12 nitrogen and oxygen atoms in total. The van der Waals surface area contributed by atoms with E-state index in [9.17, 15) is 34.5 Å². The van der Waals surface area contributed by atoms with Gasteiger partial charge >= 0.3 is 0 Å². The Balaban J connectivity index is 0.000000366. The SMILES string of the molecule is CC(=O)C=C(C)O.CCC(CC)C(=O)C(C)=C(O)C(CC)CC.CCC(CC)C(=O)C(C)=C(O)C(CC)CC.CCC(CC)C(=O)C=C(O)C(CC)CC.Cc1[c-]c(-c2ccc3c(C4CCCC4)cccc3n2)cc(C)c1.Cc1[c-]c(-c2ccc3c(C4CCCC4)cccc3n2)cc(C)c1.Cc1[c-]c(-c2ccc3ccc(C4CCCC4)cc3n2)cc(C)c1.[2H]C([2H])([2H])c1[c-]c(-c2ccc3c(CC(C)C)cccc3n2)cc(C)c1.[Ir].[Ir].[Ir].[Ir]. The molecule has 0 saturated heterocycles. The number of benzene rings is 8. The van der Waals surface area contributed by atoms with Crippen molar-refractivity contribution in [1.29, 1.82) is 0 Å². The zero-order valence-electron chi connectivity index (χ0n) is 96.8. The van der Waals surface area contributed by atoms with E-state index in [1.165, 1.54) is 175 Å². The van der Waals surface area contributed by atoms with Crippen LogP contribution in [0.2, 0.25) is 0 Å². The van der Waals surface area contributed by atoms with Gasteiger partial charge in [0, 0.05) is 159 Å². The second-order valence-electron chi connectivity index (χ2n) is 41.0. The van der Waals surface area contributed by atoms with Gasteiger partial charge in [-0.25, -0.2) is 0 Å². The number of carbonyl (C=O) groups excluding carboxylic acids is 4. The number of fused-ring (bicyclic) bond motifs is 4. The quantitative estimate of drug-likeness (QED) is 0.0182. The van der Waals surface area contributed by atoms with Crippen molar-refractivity contribution in [2.45, 2.75) is 358 Å². The van der Waals surface area contributed by atoms with Crippen LogP contribution in [-0.4, -0.2) is 63.5 Å². The van der Waals surface area contributed by atoms with E-state index in [4.69, 9.17) is 29.2 Å². The van der Waals surface area contributed by atoms with Gasteiger partial charge in [-0.15, -0.1) is 140 Å². The van der Waals surface area contributed by atoms with Crippen LogP contribution in [0.25, 0.3) is 88.6 Å². The van der Waals surface area contributed by atoms with E-state index in [2.05, 4.69) is 219 Å². The summed E-state index contributed by atoms with van der Waals surface area (Å²) in [6.45, 7) is 47.5. The van der Waals surface area contributed by atoms with Crippen molar-refractivity contribution in [3.05, 3.63) is 307 Å². The van der Waals surface area contributed by atoms with Gasteiger partial charge in [-0.2, -0.15) is 0 Å². The second-order valence-corrected chi connectivity index (χ2v) is 41.0. The molecule has 0 unspecified atom stereocenters. The van der Waals surface area contributed by atoms with Crippen LogP contribution < -0.4 is 0 Å². The number of aliphatic hydroxyl groups is 4. The van der Waals surface area contributed by atoms with Gasteiger partial charge in [-0.1, -0.05) is 288 Å². The maximum Gasteiger partial charge on any atom is 0.164 e. The van der Waals surface area contributed by atoms with Crippen molar-refractivity contribution in [2.75, 3.05) is 0 Å². The van der Waals surface area contributed by atoms with Crippen molar-refractivity contribution in [3.8, 4) is 45.0 Å². The first kappa shape index (κ1) is 127. The first-order valence-corrected chi connectivity index (χ1v) is 54.5. The van der Waals surface area contributed by atoms with Gasteiger partial charge in [-0.05, 0) is 248 Å². The van der Waals surface area contributed by atoms with Gasteiger partial charge in [0.25, 0.3) is 0 Å². The zero-order chi connectivity index (χ0) is 109. The van der Waals surface area contributed by atoms with Crippen LogP contribution in [0.15, 0.2) is 216 Å². The van der Waals surface area contributed by atoms with E-state index < -0.39 is 6.85 Å². The third-order valence-electron chi connectivity index (χ3n) is 29.1. The minimum Gasteiger partial charge on any atom is -0.512 e. The van der Waals surface area contributed by atoms with Gasteiger partial charge in [0.05, 0.1) is 33.6 Å². The van der Waals surface area contributed by atoms with Gasteiger partial charge < -0.3 is 20.4 Å². The van der Waals surface area contributed by atoms with Crippen LogP contribution in [0.1, 0.15) is 367 Å². The third kappa shape index (κ3) is 40.0. The minimum absolute atomic E-state index is 0. The molecule has 15 rings (SSSR count). The fourth-order valence-electron chi connectivity index (χ4n) is 20.8. The number of hydrogen-bond acceptors (Lipinski definition) is 12. The Hall–Kier alpha value is -9.16. The number of hydrogen-bond donors (Lipinski definition) is 4. The first-order valence-electron chi connectivity index (χ1n) is 56.0. The van der Waals surface area contributed by atoms with E-state index >= 15 is 0 Å². The number of Topliss-reactive ketones (excluding diaryl/α,β-unsaturated/α-hetero) is 2. The normalized spacial score (nSPS) is 13.8. The topological polar surface area (TPSA) is 201 Å². The summed E-state index contributed by atoms with van der Waals surface area (Å²) in [4.78, 5) is 65.4. The minimum atomic E-state index is -2.16. The molecule has 149 heavy (non-hydrogen) atoms. The van der Waals surface area contributed by atoms with Gasteiger partial charge in [0.1, 0.15) is 11.5 Å². The molecule has 8 aromatic carbocycles. The summed E-state index contributed by atoms with van der Waals surface area (Å²) >= 11 is 0. The smallest absolute Gasteiger partial charge is 0.164 e. The number of rotatable bonds is 31. The number of ketones is 4. The Morgan fingerprint density at radius 3 is 1.00 bits per heavy atom. The Kier molecular flexibility index (Phi) is 57.3. The summed E-state index contributed by atoms with van der Waals surface area (Å²) in [7, 11) is 0. The summed E-state index contributed by atoms with van der Waals surface area (Å²) in [5.41, 5.74) is 27.4. The van der Waals surface area contributed by atoms with Gasteiger partial charge in [-0.3, -0.25) is 39.1 Å². The summed E-state index contributed by atoms with van der Waals surface area (Å²) in [6, 6.07) is 73.3. The van der Waals surface area contributed by atoms with Gasteiger partial charge in [0.15, 0.2) is 23.1 Å². The molecule has 0 bridgehead atoms. The first-order chi connectivity index (χ1) is 70.6. The fraction of sp³-hybridized carbons (Fsp3) is 0.459. The number of pyridine rings is 4. The fourth-order valence-corrected chi connectivity index (χ4v) is 20.8. The van der Waals surface area contributed by atoms with E-state index in [1.54, 1.807) is 19.9 Å². The Morgan fingerprint density at radius 1 is 0.356 bits per heavy atom. The Morgan fingerprint density at radius 2 is 0.671 bits per heavy atom. The average Bonchev–Trinajstić information content (AvgIpc) is 1.18. The molecule has 0 atom stereocenters. The van der Waals surface area contributed by atoms with E-state index in [1.807, 2.05) is 114 Å². The summed E-state index contributed by atoms with van der Waals surface area (Å²) in [6.07, 6.45) is 30.2. The molecule has 16 heteroatoms. The number of carbonyl (C=O) groups is 4. The molecule has 0 spiro atoms. The number of aryl methyl sites for hydroxylation is 8. The predicted octanol–water partition coefficient (Wildman–Crippen LogP) is 36.9. The zero-order valence-corrected chi connectivity index (χ0v) is 103. The van der Waals surface area contributed by atoms with E-state index in [0.29, 0.717) is 28.6 Å². The van der Waals surface area contributed by atoms with Crippen molar-refractivity contribution < 1.29 is 124 Å². The standard InChI is InChI=1S/3C22H22N.C21H22N.2C14H26O2.C13H24O2.C5H8O2.4Ir/c2*1-15-12-16(2)14-18(13-15)21-11-10-20-19(17-6-3-4-7-17)8-5-9-22(20)23-21;1-15-11-16(2)13-20(12-15)21-10-9-18-7-8-19(14-22(18)23-21)17-5-3-4-6-17;1-14(2)10-17-6-5-7-21-19(17)8-9-20(22-21)18-12-15(3)11-16(4)13-18;2*1-6-11(7-2)13(15)10(5)14(16)12(8-3)9-4;1-5-10(6-2)12(14)9-13(15)11(7-3)8-4;1-4(6)3-5(2)7;;;;/h2*5,8-13,17H,3-4,6-7H2,1-2H3;7-12,14,17H,3-6H2,1-2H3;5-9,11-12,14H,10H2,1-4H3;2*11-12,15H,6-9H2,1-5H3;9-11,14H,5-8H2,1-4H3;3,6H,1-2H3;;;;/q4*-1;;;;;;;;/i;;;4D3;;;;;;;;. The van der Waals surface area contributed by atoms with Crippen molar-refractivity contribution in [2.24, 2.45) is 41.4 Å². The molecule has 4 aromatic heterocycles. The Bertz CT molecular complexity index is 6150. The van der Waals surface area contributed by atoms with Crippen LogP contribution in [0.3, 0.4) is 0 Å².